The minimum absolute atomic E-state index is 0.237. The molecule has 0 aliphatic carbocycles. The molecular weight excluding hydrogens is 226 g/mol. The predicted molar refractivity (Wildman–Crippen MR) is 75.1 cm³/mol. The molecule has 4 heteroatoms. The topological polar surface area (TPSA) is 62.3 Å². The van der Waals surface area contributed by atoms with E-state index >= 15 is 0 Å². The lowest BCUT2D eigenvalue weighted by molar-refractivity contribution is 0.216. The van der Waals surface area contributed by atoms with E-state index in [-0.39, 0.29) is 5.84 Å². The Morgan fingerprint density at radius 2 is 2.06 bits per heavy atom. The summed E-state index contributed by atoms with van der Waals surface area (Å²) in [5, 5.41) is 7.31. The highest BCUT2D eigenvalue weighted by molar-refractivity contribution is 5.76. The number of nitrogens with zero attached hydrogens (tertiary/aromatic N) is 1. The summed E-state index contributed by atoms with van der Waals surface area (Å²) in [6.07, 6.45) is 0.604. The first-order valence-corrected chi connectivity index (χ1v) is 6.23. The summed E-state index contributed by atoms with van der Waals surface area (Å²) in [6.45, 7) is 5.91. The fourth-order valence-electron chi connectivity index (χ4n) is 1.84. The van der Waals surface area contributed by atoms with E-state index in [1.165, 1.54) is 0 Å². The van der Waals surface area contributed by atoms with Gasteiger partial charge in [-0.3, -0.25) is 10.3 Å². The smallest absolute Gasteiger partial charge is 0.123 e. The quantitative estimate of drug-likeness (QED) is 0.575. The molecule has 18 heavy (non-hydrogen) atoms. The van der Waals surface area contributed by atoms with E-state index in [1.54, 1.807) is 7.11 Å². The van der Waals surface area contributed by atoms with Gasteiger partial charge in [0, 0.05) is 31.1 Å². The minimum atomic E-state index is 0.237. The van der Waals surface area contributed by atoms with Gasteiger partial charge in [-0.05, 0) is 19.9 Å². The maximum atomic E-state index is 7.31. The van der Waals surface area contributed by atoms with Gasteiger partial charge in [-0.25, -0.2) is 0 Å². The Bertz CT molecular complexity index is 390. The fraction of sp³-hybridized carbons (Fsp3) is 0.500. The third-order valence-electron chi connectivity index (χ3n) is 2.96. The monoisotopic (exact) mass is 249 g/mol. The van der Waals surface area contributed by atoms with Crippen molar-refractivity contribution in [2.75, 3.05) is 13.7 Å². The first kappa shape index (κ1) is 14.5. The molecule has 1 aromatic carbocycles. The van der Waals surface area contributed by atoms with Gasteiger partial charge in [0.2, 0.25) is 0 Å². The second-order valence-electron chi connectivity index (χ2n) is 4.65. The zero-order chi connectivity index (χ0) is 13.5. The number of hydrogen-bond acceptors (Lipinski definition) is 3. The second-order valence-corrected chi connectivity index (χ2v) is 4.65. The van der Waals surface area contributed by atoms with Crippen molar-refractivity contribution in [3.05, 3.63) is 29.8 Å². The van der Waals surface area contributed by atoms with Crippen LogP contribution in [0.3, 0.4) is 0 Å². The van der Waals surface area contributed by atoms with Crippen LogP contribution in [-0.4, -0.2) is 30.4 Å². The molecule has 1 aromatic rings. The van der Waals surface area contributed by atoms with Crippen molar-refractivity contribution >= 4 is 5.84 Å². The summed E-state index contributed by atoms with van der Waals surface area (Å²) in [5.74, 6) is 1.15. The highest BCUT2D eigenvalue weighted by atomic mass is 16.5. The van der Waals surface area contributed by atoms with Crippen molar-refractivity contribution < 1.29 is 4.74 Å². The summed E-state index contributed by atoms with van der Waals surface area (Å²) in [7, 11) is 1.69. The number of nitrogens with one attached hydrogen (secondary N) is 1. The summed E-state index contributed by atoms with van der Waals surface area (Å²) >= 11 is 0. The SMILES string of the molecule is COc1ccccc1CN(CCC(=N)N)C(C)C. The Labute approximate surface area is 109 Å². The van der Waals surface area contributed by atoms with Gasteiger partial charge in [-0.2, -0.15) is 0 Å². The van der Waals surface area contributed by atoms with E-state index in [2.05, 4.69) is 24.8 Å². The van der Waals surface area contributed by atoms with E-state index in [0.717, 1.165) is 24.4 Å². The molecule has 0 amide bonds. The molecule has 0 spiro atoms. The van der Waals surface area contributed by atoms with Crippen molar-refractivity contribution in [3.63, 3.8) is 0 Å². The lowest BCUT2D eigenvalue weighted by Gasteiger charge is -2.27. The Balaban J connectivity index is 2.73. The van der Waals surface area contributed by atoms with E-state index in [1.807, 2.05) is 18.2 Å². The van der Waals surface area contributed by atoms with Crippen LogP contribution in [0.5, 0.6) is 5.75 Å². The average molecular weight is 249 g/mol. The molecule has 0 unspecified atom stereocenters. The van der Waals surface area contributed by atoms with Crippen LogP contribution in [-0.2, 0) is 6.54 Å². The van der Waals surface area contributed by atoms with Crippen molar-refractivity contribution in [3.8, 4) is 5.75 Å². The van der Waals surface area contributed by atoms with E-state index < -0.39 is 0 Å². The molecule has 0 saturated heterocycles. The van der Waals surface area contributed by atoms with Gasteiger partial charge in [0.05, 0.1) is 12.9 Å². The van der Waals surface area contributed by atoms with E-state index in [4.69, 9.17) is 15.9 Å². The highest BCUT2D eigenvalue weighted by Crippen LogP contribution is 2.20. The fourth-order valence-corrected chi connectivity index (χ4v) is 1.84. The van der Waals surface area contributed by atoms with Crippen molar-refractivity contribution in [2.45, 2.75) is 32.9 Å². The first-order valence-electron chi connectivity index (χ1n) is 6.23. The first-order chi connectivity index (χ1) is 8.54. The third-order valence-corrected chi connectivity index (χ3v) is 2.96. The lowest BCUT2D eigenvalue weighted by atomic mass is 10.1. The van der Waals surface area contributed by atoms with Crippen LogP contribution in [0, 0.1) is 5.41 Å². The molecule has 1 rings (SSSR count). The van der Waals surface area contributed by atoms with Crippen molar-refractivity contribution in [1.82, 2.24) is 4.90 Å². The lowest BCUT2D eigenvalue weighted by Crippen LogP contribution is -2.33. The zero-order valence-corrected chi connectivity index (χ0v) is 11.4. The Kier molecular flexibility index (Phi) is 5.65. The molecule has 3 N–H and O–H groups in total. The van der Waals surface area contributed by atoms with Crippen molar-refractivity contribution in [2.24, 2.45) is 5.73 Å². The third kappa shape index (κ3) is 4.37. The maximum Gasteiger partial charge on any atom is 0.123 e. The molecule has 0 bridgehead atoms. The Morgan fingerprint density at radius 1 is 1.39 bits per heavy atom. The number of nitrogens with two attached hydrogens (primary N) is 1. The van der Waals surface area contributed by atoms with E-state index in [9.17, 15) is 0 Å². The number of methoxy groups -OCH3 is 1. The number of para-hydroxylation sites is 1. The van der Waals surface area contributed by atoms with Crippen LogP contribution in [0.15, 0.2) is 24.3 Å². The maximum absolute atomic E-state index is 7.31. The molecule has 0 radical (unpaired) electrons. The predicted octanol–water partition coefficient (Wildman–Crippen LogP) is 2.23. The van der Waals surface area contributed by atoms with Crippen LogP contribution < -0.4 is 10.5 Å². The molecule has 0 fully saturated rings. The largest absolute Gasteiger partial charge is 0.496 e. The molecule has 0 aliphatic rings. The number of benzene rings is 1. The highest BCUT2D eigenvalue weighted by Gasteiger charge is 2.12. The molecule has 0 heterocycles. The number of amidine groups is 1. The van der Waals surface area contributed by atoms with Gasteiger partial charge < -0.3 is 10.5 Å². The molecule has 0 aromatic heterocycles. The standard InChI is InChI=1S/C14H23N3O/c1-11(2)17(9-8-14(15)16)10-12-6-4-5-7-13(12)18-3/h4-7,11H,8-10H2,1-3H3,(H3,15,16). The molecule has 4 nitrogen and oxygen atoms in total. The van der Waals surface area contributed by atoms with Gasteiger partial charge in [0.25, 0.3) is 0 Å². The normalized spacial score (nSPS) is 10.9. The second kappa shape index (κ2) is 7.01. The van der Waals surface area contributed by atoms with Crippen LogP contribution in [0.4, 0.5) is 0 Å². The number of rotatable bonds is 7. The summed E-state index contributed by atoms with van der Waals surface area (Å²) in [6, 6.07) is 8.44. The van der Waals surface area contributed by atoms with Gasteiger partial charge in [0.15, 0.2) is 0 Å². The van der Waals surface area contributed by atoms with Gasteiger partial charge in [-0.15, -0.1) is 0 Å². The zero-order valence-electron chi connectivity index (χ0n) is 11.4. The number of ether oxygens (including phenoxy) is 1. The molecule has 0 atom stereocenters. The van der Waals surface area contributed by atoms with E-state index in [0.29, 0.717) is 12.5 Å². The van der Waals surface area contributed by atoms with Crippen LogP contribution >= 0.6 is 0 Å². The Morgan fingerprint density at radius 3 is 2.61 bits per heavy atom. The summed E-state index contributed by atoms with van der Waals surface area (Å²) in [4.78, 5) is 2.29. The van der Waals surface area contributed by atoms with Crippen LogP contribution in [0.1, 0.15) is 25.8 Å². The van der Waals surface area contributed by atoms with Crippen LogP contribution in [0.25, 0.3) is 0 Å². The number of hydrogen-bond donors (Lipinski definition) is 2. The van der Waals surface area contributed by atoms with Gasteiger partial charge in [-0.1, -0.05) is 18.2 Å². The average Bonchev–Trinajstić information content (AvgIpc) is 2.34. The molecule has 100 valence electrons. The summed E-state index contributed by atoms with van der Waals surface area (Å²) in [5.41, 5.74) is 6.59. The van der Waals surface area contributed by atoms with Crippen LogP contribution in [0.2, 0.25) is 0 Å². The molecular formula is C14H23N3O. The molecule has 0 saturated carbocycles. The Hall–Kier alpha value is -1.55. The van der Waals surface area contributed by atoms with Gasteiger partial charge in [0.1, 0.15) is 5.75 Å². The van der Waals surface area contributed by atoms with Crippen molar-refractivity contribution in [1.29, 1.82) is 5.41 Å². The summed E-state index contributed by atoms with van der Waals surface area (Å²) < 4.78 is 5.36. The minimum Gasteiger partial charge on any atom is -0.496 e. The molecule has 0 aliphatic heterocycles. The van der Waals surface area contributed by atoms with Gasteiger partial charge >= 0.3 is 0 Å².